The van der Waals surface area contributed by atoms with Crippen molar-refractivity contribution in [2.75, 3.05) is 5.32 Å². The molecule has 0 fully saturated rings. The predicted octanol–water partition coefficient (Wildman–Crippen LogP) is 4.71. The van der Waals surface area contributed by atoms with E-state index >= 15 is 0 Å². The molecule has 0 spiro atoms. The van der Waals surface area contributed by atoms with Crippen LogP contribution in [0, 0.1) is 6.92 Å². The predicted molar refractivity (Wildman–Crippen MR) is 98.6 cm³/mol. The second-order valence-corrected chi connectivity index (χ2v) is 6.04. The van der Waals surface area contributed by atoms with Crippen molar-refractivity contribution in [1.82, 2.24) is 5.16 Å². The normalized spacial score (nSPS) is 10.8. The lowest BCUT2D eigenvalue weighted by molar-refractivity contribution is -0.116. The van der Waals surface area contributed by atoms with E-state index < -0.39 is 0 Å². The first kappa shape index (κ1) is 17.0. The topological polar surface area (TPSA) is 55.1 Å². The fourth-order valence-corrected chi connectivity index (χ4v) is 2.99. The van der Waals surface area contributed by atoms with Crippen molar-refractivity contribution in [2.24, 2.45) is 0 Å². The molecule has 128 valence electrons. The van der Waals surface area contributed by atoms with E-state index in [1.807, 2.05) is 50.2 Å². The Bertz CT molecular complexity index is 786. The highest BCUT2D eigenvalue weighted by Gasteiger charge is 2.20. The van der Waals surface area contributed by atoms with Gasteiger partial charge in [-0.25, -0.2) is 0 Å². The monoisotopic (exact) mass is 334 g/mol. The zero-order valence-corrected chi connectivity index (χ0v) is 14.5. The summed E-state index contributed by atoms with van der Waals surface area (Å²) >= 11 is 0. The highest BCUT2D eigenvalue weighted by Crippen LogP contribution is 2.29. The van der Waals surface area contributed by atoms with Crippen LogP contribution in [0.5, 0.6) is 0 Å². The molecule has 0 atom stereocenters. The van der Waals surface area contributed by atoms with Crippen LogP contribution in [-0.4, -0.2) is 11.1 Å². The smallest absolute Gasteiger partial charge is 0.225 e. The molecule has 4 heteroatoms. The molecular formula is C21H22N2O2. The first-order chi connectivity index (χ1) is 12.2. The van der Waals surface area contributed by atoms with E-state index in [9.17, 15) is 4.79 Å². The number of anilines is 1. The number of rotatable bonds is 6. The molecule has 3 aromatic rings. The Labute approximate surface area is 147 Å². The van der Waals surface area contributed by atoms with Gasteiger partial charge in [0.05, 0.1) is 0 Å². The van der Waals surface area contributed by atoms with Gasteiger partial charge < -0.3 is 9.84 Å². The van der Waals surface area contributed by atoms with E-state index in [-0.39, 0.29) is 11.8 Å². The average molecular weight is 334 g/mol. The zero-order valence-electron chi connectivity index (χ0n) is 14.5. The Kier molecular flexibility index (Phi) is 5.29. The van der Waals surface area contributed by atoms with Crippen LogP contribution < -0.4 is 5.32 Å². The first-order valence-corrected chi connectivity index (χ1v) is 8.54. The van der Waals surface area contributed by atoms with Gasteiger partial charge in [-0.05, 0) is 24.5 Å². The Balaban J connectivity index is 1.83. The van der Waals surface area contributed by atoms with Gasteiger partial charge >= 0.3 is 0 Å². The van der Waals surface area contributed by atoms with E-state index in [4.69, 9.17) is 4.52 Å². The molecule has 0 saturated carbocycles. The van der Waals surface area contributed by atoms with Gasteiger partial charge in [0, 0.05) is 12.3 Å². The molecule has 0 aliphatic rings. The van der Waals surface area contributed by atoms with E-state index in [0.717, 1.165) is 16.8 Å². The van der Waals surface area contributed by atoms with Gasteiger partial charge in [0.15, 0.2) is 5.76 Å². The number of nitrogens with one attached hydrogen (secondary N) is 1. The van der Waals surface area contributed by atoms with Crippen LogP contribution >= 0.6 is 0 Å². The number of amides is 1. The summed E-state index contributed by atoms with van der Waals surface area (Å²) in [5.41, 5.74) is 3.73. The Morgan fingerprint density at radius 1 is 1.04 bits per heavy atom. The van der Waals surface area contributed by atoms with Crippen molar-refractivity contribution in [3.05, 3.63) is 83.2 Å². The summed E-state index contributed by atoms with van der Waals surface area (Å²) in [4.78, 5) is 12.7. The molecule has 1 heterocycles. The molecule has 4 nitrogen and oxygen atoms in total. The molecule has 0 bridgehead atoms. The summed E-state index contributed by atoms with van der Waals surface area (Å²) in [5.74, 6) is 0.604. The maximum absolute atomic E-state index is 12.7. The molecule has 0 radical (unpaired) electrons. The zero-order chi connectivity index (χ0) is 17.6. The van der Waals surface area contributed by atoms with E-state index in [0.29, 0.717) is 24.3 Å². The van der Waals surface area contributed by atoms with Crippen LogP contribution in [0.15, 0.2) is 65.2 Å². The molecule has 2 aromatic carbocycles. The molecule has 0 saturated heterocycles. The summed E-state index contributed by atoms with van der Waals surface area (Å²) in [7, 11) is 0. The molecular weight excluding hydrogens is 312 g/mol. The van der Waals surface area contributed by atoms with Crippen molar-refractivity contribution in [1.29, 1.82) is 0 Å². The standard InChI is InChI=1S/C21H22N2O2/c1-3-19-21(15(2)25-23-19)22-20(24)14-18(16-10-6-4-7-11-16)17-12-8-5-9-13-17/h4-13,18H,3,14H2,1-2H3,(H,22,24). The Hall–Kier alpha value is -2.88. The molecule has 0 aliphatic carbocycles. The lowest BCUT2D eigenvalue weighted by Crippen LogP contribution is -2.17. The maximum Gasteiger partial charge on any atom is 0.225 e. The number of benzene rings is 2. The number of carbonyl (C=O) groups is 1. The second kappa shape index (κ2) is 7.79. The molecule has 0 aliphatic heterocycles. The SMILES string of the molecule is CCc1noc(C)c1NC(=O)CC(c1ccccc1)c1ccccc1. The lowest BCUT2D eigenvalue weighted by atomic mass is 9.88. The van der Waals surface area contributed by atoms with Gasteiger partial charge in [-0.1, -0.05) is 72.7 Å². The van der Waals surface area contributed by atoms with Gasteiger partial charge in [-0.3, -0.25) is 4.79 Å². The van der Waals surface area contributed by atoms with Gasteiger partial charge in [-0.15, -0.1) is 0 Å². The number of aryl methyl sites for hydroxylation is 2. The third-order valence-electron chi connectivity index (χ3n) is 4.33. The van der Waals surface area contributed by atoms with Crippen LogP contribution in [0.2, 0.25) is 0 Å². The quantitative estimate of drug-likeness (QED) is 0.710. The fourth-order valence-electron chi connectivity index (χ4n) is 2.99. The molecule has 1 aromatic heterocycles. The molecule has 1 amide bonds. The number of aromatic nitrogens is 1. The van der Waals surface area contributed by atoms with E-state index in [1.54, 1.807) is 0 Å². The molecule has 1 N–H and O–H groups in total. The van der Waals surface area contributed by atoms with Crippen LogP contribution in [0.4, 0.5) is 5.69 Å². The van der Waals surface area contributed by atoms with Gasteiger partial charge in [0.1, 0.15) is 11.4 Å². The highest BCUT2D eigenvalue weighted by atomic mass is 16.5. The minimum Gasteiger partial charge on any atom is -0.359 e. The van der Waals surface area contributed by atoms with Crippen molar-refractivity contribution in [3.8, 4) is 0 Å². The Morgan fingerprint density at radius 2 is 1.60 bits per heavy atom. The largest absolute Gasteiger partial charge is 0.359 e. The molecule has 25 heavy (non-hydrogen) atoms. The van der Waals surface area contributed by atoms with Crippen LogP contribution in [0.25, 0.3) is 0 Å². The fraction of sp³-hybridized carbons (Fsp3) is 0.238. The van der Waals surface area contributed by atoms with Crippen molar-refractivity contribution in [2.45, 2.75) is 32.6 Å². The third kappa shape index (κ3) is 3.97. The minimum absolute atomic E-state index is 0.00708. The van der Waals surface area contributed by atoms with Crippen molar-refractivity contribution >= 4 is 11.6 Å². The summed E-state index contributed by atoms with van der Waals surface area (Å²) < 4.78 is 5.20. The van der Waals surface area contributed by atoms with Gasteiger partial charge in [0.25, 0.3) is 0 Å². The average Bonchev–Trinajstić information content (AvgIpc) is 3.01. The summed E-state index contributed by atoms with van der Waals surface area (Å²) in [5, 5.41) is 6.98. The minimum atomic E-state index is -0.0429. The Morgan fingerprint density at radius 3 is 2.12 bits per heavy atom. The number of nitrogens with zero attached hydrogens (tertiary/aromatic N) is 1. The molecule has 3 rings (SSSR count). The van der Waals surface area contributed by atoms with Crippen LogP contribution in [0.1, 0.15) is 41.8 Å². The summed E-state index contributed by atoms with van der Waals surface area (Å²) in [6.07, 6.45) is 1.08. The molecule has 0 unspecified atom stereocenters. The second-order valence-electron chi connectivity index (χ2n) is 6.04. The lowest BCUT2D eigenvalue weighted by Gasteiger charge is -2.18. The van der Waals surface area contributed by atoms with Gasteiger partial charge in [0.2, 0.25) is 5.91 Å². The van der Waals surface area contributed by atoms with Crippen molar-refractivity contribution < 1.29 is 9.32 Å². The van der Waals surface area contributed by atoms with Crippen LogP contribution in [-0.2, 0) is 11.2 Å². The summed E-state index contributed by atoms with van der Waals surface area (Å²) in [6, 6.07) is 20.2. The third-order valence-corrected chi connectivity index (χ3v) is 4.33. The van der Waals surface area contributed by atoms with Crippen LogP contribution in [0.3, 0.4) is 0 Å². The number of hydrogen-bond donors (Lipinski definition) is 1. The number of hydrogen-bond acceptors (Lipinski definition) is 3. The maximum atomic E-state index is 12.7. The highest BCUT2D eigenvalue weighted by molar-refractivity contribution is 5.92. The summed E-state index contributed by atoms with van der Waals surface area (Å²) in [6.45, 7) is 3.80. The first-order valence-electron chi connectivity index (χ1n) is 8.54. The van der Waals surface area contributed by atoms with Gasteiger partial charge in [-0.2, -0.15) is 0 Å². The van der Waals surface area contributed by atoms with E-state index in [2.05, 4.69) is 34.7 Å². The number of carbonyl (C=O) groups excluding carboxylic acids is 1. The van der Waals surface area contributed by atoms with E-state index in [1.165, 1.54) is 0 Å². The van der Waals surface area contributed by atoms with Crippen molar-refractivity contribution in [3.63, 3.8) is 0 Å².